The highest BCUT2D eigenvalue weighted by molar-refractivity contribution is 5.96. The number of carbonyl (C=O) groups excluding carboxylic acids is 1. The van der Waals surface area contributed by atoms with Crippen LogP contribution in [0.15, 0.2) is 18.2 Å². The van der Waals surface area contributed by atoms with E-state index in [1.165, 1.54) is 11.1 Å². The molecule has 16 heavy (non-hydrogen) atoms. The van der Waals surface area contributed by atoms with Crippen molar-refractivity contribution < 1.29 is 4.79 Å². The van der Waals surface area contributed by atoms with Crippen molar-refractivity contribution in [1.29, 1.82) is 0 Å². The topological polar surface area (TPSA) is 20.3 Å². The van der Waals surface area contributed by atoms with E-state index in [4.69, 9.17) is 0 Å². The first-order chi connectivity index (χ1) is 7.58. The smallest absolute Gasteiger partial charge is 0.253 e. The van der Waals surface area contributed by atoms with Crippen LogP contribution >= 0.6 is 0 Å². The maximum absolute atomic E-state index is 11.9. The molecule has 2 rings (SSSR count). The van der Waals surface area contributed by atoms with Gasteiger partial charge in [-0.1, -0.05) is 26.0 Å². The van der Waals surface area contributed by atoms with E-state index in [1.807, 2.05) is 13.1 Å². The normalized spacial score (nSPS) is 15.5. The molecule has 0 aromatic heterocycles. The van der Waals surface area contributed by atoms with Crippen molar-refractivity contribution in [3.63, 3.8) is 0 Å². The number of rotatable bonds is 2. The summed E-state index contributed by atoms with van der Waals surface area (Å²) in [6.07, 6.45) is 2.08. The van der Waals surface area contributed by atoms with Crippen molar-refractivity contribution in [2.45, 2.75) is 26.7 Å². The van der Waals surface area contributed by atoms with Gasteiger partial charge in [-0.15, -0.1) is 0 Å². The van der Waals surface area contributed by atoms with Crippen LogP contribution in [0.5, 0.6) is 0 Å². The van der Waals surface area contributed by atoms with Crippen LogP contribution in [0.2, 0.25) is 0 Å². The van der Waals surface area contributed by atoms with Crippen LogP contribution in [0.25, 0.3) is 0 Å². The Morgan fingerprint density at radius 1 is 1.38 bits per heavy atom. The molecule has 1 heterocycles. The van der Waals surface area contributed by atoms with Gasteiger partial charge in [-0.3, -0.25) is 4.79 Å². The number of fused-ring (bicyclic) bond motifs is 1. The fourth-order valence-corrected chi connectivity index (χ4v) is 2.26. The number of benzene rings is 1. The molecule has 2 nitrogen and oxygen atoms in total. The molecule has 0 spiro atoms. The molecule has 1 aliphatic heterocycles. The van der Waals surface area contributed by atoms with Gasteiger partial charge in [0.1, 0.15) is 0 Å². The van der Waals surface area contributed by atoms with Crippen molar-refractivity contribution in [1.82, 2.24) is 4.90 Å². The molecule has 1 amide bonds. The molecule has 0 saturated carbocycles. The number of hydrogen-bond acceptors (Lipinski definition) is 1. The van der Waals surface area contributed by atoms with E-state index < -0.39 is 0 Å². The second-order valence-electron chi connectivity index (χ2n) is 5.07. The maximum Gasteiger partial charge on any atom is 0.253 e. The lowest BCUT2D eigenvalue weighted by Gasteiger charge is -2.25. The zero-order chi connectivity index (χ0) is 11.7. The van der Waals surface area contributed by atoms with E-state index >= 15 is 0 Å². The summed E-state index contributed by atoms with van der Waals surface area (Å²) >= 11 is 0. The monoisotopic (exact) mass is 217 g/mol. The zero-order valence-electron chi connectivity index (χ0n) is 10.3. The van der Waals surface area contributed by atoms with Crippen LogP contribution < -0.4 is 0 Å². The van der Waals surface area contributed by atoms with E-state index in [0.717, 1.165) is 24.9 Å². The van der Waals surface area contributed by atoms with Crippen LogP contribution in [-0.4, -0.2) is 24.4 Å². The Bertz CT molecular complexity index is 409. The van der Waals surface area contributed by atoms with E-state index in [0.29, 0.717) is 5.92 Å². The summed E-state index contributed by atoms with van der Waals surface area (Å²) in [7, 11) is 1.87. The molecule has 1 aromatic carbocycles. The lowest BCUT2D eigenvalue weighted by atomic mass is 9.94. The molecule has 0 N–H and O–H groups in total. The van der Waals surface area contributed by atoms with Crippen molar-refractivity contribution in [3.8, 4) is 0 Å². The molecular formula is C14H19NO. The summed E-state index contributed by atoms with van der Waals surface area (Å²) in [5, 5.41) is 0. The fourth-order valence-electron chi connectivity index (χ4n) is 2.26. The lowest BCUT2D eigenvalue weighted by molar-refractivity contribution is 0.0781. The summed E-state index contributed by atoms with van der Waals surface area (Å²) in [5.41, 5.74) is 3.47. The van der Waals surface area contributed by atoms with Gasteiger partial charge < -0.3 is 4.90 Å². The highest BCUT2D eigenvalue weighted by Crippen LogP contribution is 2.20. The first kappa shape index (κ1) is 11.2. The van der Waals surface area contributed by atoms with Crippen molar-refractivity contribution >= 4 is 5.91 Å². The molecule has 1 aliphatic rings. The SMILES string of the molecule is CC(C)Cc1ccc2c(c1)CCN(C)C2=O. The van der Waals surface area contributed by atoms with E-state index in [9.17, 15) is 4.79 Å². The van der Waals surface area contributed by atoms with Gasteiger partial charge in [0, 0.05) is 19.2 Å². The number of amides is 1. The average molecular weight is 217 g/mol. The Morgan fingerprint density at radius 3 is 2.81 bits per heavy atom. The molecular weight excluding hydrogens is 198 g/mol. The summed E-state index contributed by atoms with van der Waals surface area (Å²) in [6.45, 7) is 5.29. The maximum atomic E-state index is 11.9. The van der Waals surface area contributed by atoms with Gasteiger partial charge in [0.15, 0.2) is 0 Å². The van der Waals surface area contributed by atoms with E-state index in [2.05, 4.69) is 26.0 Å². The van der Waals surface area contributed by atoms with Gasteiger partial charge in [-0.05, 0) is 36.0 Å². The molecule has 0 aliphatic carbocycles. The molecule has 0 fully saturated rings. The number of likely N-dealkylation sites (N-methyl/N-ethyl adjacent to an activating group) is 1. The quantitative estimate of drug-likeness (QED) is 0.745. The van der Waals surface area contributed by atoms with Gasteiger partial charge in [-0.2, -0.15) is 0 Å². The number of nitrogens with zero attached hydrogens (tertiary/aromatic N) is 1. The second-order valence-corrected chi connectivity index (χ2v) is 5.07. The van der Waals surface area contributed by atoms with Gasteiger partial charge in [0.25, 0.3) is 5.91 Å². The third-order valence-corrected chi connectivity index (χ3v) is 3.11. The minimum Gasteiger partial charge on any atom is -0.341 e. The van der Waals surface area contributed by atoms with Crippen LogP contribution in [-0.2, 0) is 12.8 Å². The van der Waals surface area contributed by atoms with Gasteiger partial charge in [0.2, 0.25) is 0 Å². The van der Waals surface area contributed by atoms with E-state index in [-0.39, 0.29) is 5.91 Å². The minimum absolute atomic E-state index is 0.164. The van der Waals surface area contributed by atoms with E-state index in [1.54, 1.807) is 4.90 Å². The fraction of sp³-hybridized carbons (Fsp3) is 0.500. The van der Waals surface area contributed by atoms with Crippen molar-refractivity contribution in [2.75, 3.05) is 13.6 Å². The summed E-state index contributed by atoms with van der Waals surface area (Å²) < 4.78 is 0. The third-order valence-electron chi connectivity index (χ3n) is 3.11. The third kappa shape index (κ3) is 2.11. The van der Waals surface area contributed by atoms with Crippen LogP contribution in [0.4, 0.5) is 0 Å². The molecule has 0 saturated heterocycles. The van der Waals surface area contributed by atoms with Crippen molar-refractivity contribution in [3.05, 3.63) is 34.9 Å². The summed E-state index contributed by atoms with van der Waals surface area (Å²) in [6, 6.07) is 6.29. The Hall–Kier alpha value is -1.31. The highest BCUT2D eigenvalue weighted by atomic mass is 16.2. The highest BCUT2D eigenvalue weighted by Gasteiger charge is 2.21. The van der Waals surface area contributed by atoms with Gasteiger partial charge in [-0.25, -0.2) is 0 Å². The summed E-state index contributed by atoms with van der Waals surface area (Å²) in [5.74, 6) is 0.831. The predicted molar refractivity (Wildman–Crippen MR) is 65.6 cm³/mol. The number of carbonyl (C=O) groups is 1. The molecule has 1 aromatic rings. The Balaban J connectivity index is 2.30. The molecule has 0 radical (unpaired) electrons. The first-order valence-corrected chi connectivity index (χ1v) is 5.95. The first-order valence-electron chi connectivity index (χ1n) is 5.95. The number of hydrogen-bond donors (Lipinski definition) is 0. The van der Waals surface area contributed by atoms with Crippen LogP contribution in [0.3, 0.4) is 0 Å². The van der Waals surface area contributed by atoms with Gasteiger partial charge >= 0.3 is 0 Å². The Labute approximate surface area is 97.3 Å². The largest absolute Gasteiger partial charge is 0.341 e. The molecule has 0 atom stereocenters. The molecule has 86 valence electrons. The standard InChI is InChI=1S/C14H19NO/c1-10(2)8-11-4-5-13-12(9-11)6-7-15(3)14(13)16/h4-5,9-10H,6-8H2,1-3H3. The van der Waals surface area contributed by atoms with Crippen molar-refractivity contribution in [2.24, 2.45) is 5.92 Å². The van der Waals surface area contributed by atoms with Gasteiger partial charge in [0.05, 0.1) is 0 Å². The molecule has 0 unspecified atom stereocenters. The predicted octanol–water partition coefficient (Wildman–Crippen LogP) is 2.51. The van der Waals surface area contributed by atoms with Crippen LogP contribution in [0, 0.1) is 5.92 Å². The Kier molecular flexibility index (Phi) is 2.99. The minimum atomic E-state index is 0.164. The summed E-state index contributed by atoms with van der Waals surface area (Å²) in [4.78, 5) is 13.7. The second kappa shape index (κ2) is 4.28. The average Bonchev–Trinajstić information content (AvgIpc) is 2.23. The molecule has 2 heteroatoms. The Morgan fingerprint density at radius 2 is 2.12 bits per heavy atom. The molecule has 0 bridgehead atoms. The lowest BCUT2D eigenvalue weighted by Crippen LogP contribution is -2.34. The van der Waals surface area contributed by atoms with Crippen LogP contribution in [0.1, 0.15) is 35.3 Å². The zero-order valence-corrected chi connectivity index (χ0v) is 10.3.